The van der Waals surface area contributed by atoms with Crippen molar-refractivity contribution in [2.45, 2.75) is 51.4 Å². The lowest BCUT2D eigenvalue weighted by Crippen LogP contribution is -2.29. The zero-order valence-electron chi connectivity index (χ0n) is 14.5. The van der Waals surface area contributed by atoms with Gasteiger partial charge in [-0.1, -0.05) is 50.6 Å². The van der Waals surface area contributed by atoms with Crippen LogP contribution in [-0.4, -0.2) is 11.6 Å². The molecule has 122 valence electrons. The monoisotopic (exact) mass is 318 g/mol. The summed E-state index contributed by atoms with van der Waals surface area (Å²) < 4.78 is 0. The number of rotatable bonds is 0. The van der Waals surface area contributed by atoms with Crippen molar-refractivity contribution in [2.75, 3.05) is 0 Å². The van der Waals surface area contributed by atoms with E-state index in [1.165, 1.54) is 34.4 Å². The van der Waals surface area contributed by atoms with E-state index in [1.54, 1.807) is 0 Å². The van der Waals surface area contributed by atoms with E-state index in [0.29, 0.717) is 12.0 Å². The Morgan fingerprint density at radius 1 is 1.00 bits per heavy atom. The number of fused-ring (bicyclic) bond motifs is 4. The lowest BCUT2D eigenvalue weighted by atomic mass is 9.65. The first kappa shape index (κ1) is 15.3. The Balaban J connectivity index is 1.99. The molecule has 0 amide bonds. The number of carbonyl (C=O) groups is 2. The first-order valence-electron chi connectivity index (χ1n) is 8.69. The van der Waals surface area contributed by atoms with Crippen LogP contribution in [0.5, 0.6) is 0 Å². The third-order valence-electron chi connectivity index (χ3n) is 5.48. The summed E-state index contributed by atoms with van der Waals surface area (Å²) in [6.07, 6.45) is 7.67. The second-order valence-electron chi connectivity index (χ2n) is 8.00. The summed E-state index contributed by atoms with van der Waals surface area (Å²) in [5.41, 5.74) is 6.64. The van der Waals surface area contributed by atoms with Crippen molar-refractivity contribution in [1.82, 2.24) is 0 Å². The zero-order chi connectivity index (χ0) is 17.1. The summed E-state index contributed by atoms with van der Waals surface area (Å²) in [5.74, 6) is -0.0219. The summed E-state index contributed by atoms with van der Waals surface area (Å²) in [6, 6.07) is 6.49. The van der Waals surface area contributed by atoms with E-state index in [4.69, 9.17) is 0 Å². The second kappa shape index (κ2) is 5.14. The van der Waals surface area contributed by atoms with Crippen LogP contribution in [0.25, 0.3) is 0 Å². The molecule has 0 saturated carbocycles. The van der Waals surface area contributed by atoms with Crippen molar-refractivity contribution >= 4 is 11.6 Å². The minimum Gasteiger partial charge on any atom is -0.290 e. The van der Waals surface area contributed by atoms with E-state index >= 15 is 0 Å². The van der Waals surface area contributed by atoms with Gasteiger partial charge in [-0.2, -0.15) is 0 Å². The van der Waals surface area contributed by atoms with Crippen LogP contribution in [-0.2, 0) is 21.4 Å². The van der Waals surface area contributed by atoms with E-state index in [0.717, 1.165) is 18.4 Å². The van der Waals surface area contributed by atoms with E-state index in [2.05, 4.69) is 45.0 Å². The van der Waals surface area contributed by atoms with Crippen LogP contribution in [0.2, 0.25) is 0 Å². The molecule has 4 rings (SSSR count). The van der Waals surface area contributed by atoms with E-state index in [9.17, 15) is 9.59 Å². The number of hydrogen-bond donors (Lipinski definition) is 0. The third-order valence-corrected chi connectivity index (χ3v) is 5.48. The Kier molecular flexibility index (Phi) is 3.28. The predicted octanol–water partition coefficient (Wildman–Crippen LogP) is 4.35. The van der Waals surface area contributed by atoms with Crippen molar-refractivity contribution in [3.05, 3.63) is 69.8 Å². The topological polar surface area (TPSA) is 34.1 Å². The zero-order valence-corrected chi connectivity index (χ0v) is 14.5. The molecule has 0 radical (unpaired) electrons. The fourth-order valence-electron chi connectivity index (χ4n) is 4.37. The lowest BCUT2D eigenvalue weighted by molar-refractivity contribution is -0.115. The molecule has 0 N–H and O–H groups in total. The Bertz CT molecular complexity index is 856. The molecule has 0 heterocycles. The van der Waals surface area contributed by atoms with Crippen molar-refractivity contribution < 1.29 is 9.59 Å². The standard InChI is InChI=1S/C22H22O2/c1-22(2,3)16-6-4-5-13-7-8-14-9-10-15-17(23)11-12-18(24)21(15)20(14)19(13)16/h4-6,9,11-12,20H,7-8,10H2,1-3H3/t20-/m0/s1. The Morgan fingerprint density at radius 2 is 1.75 bits per heavy atom. The van der Waals surface area contributed by atoms with Crippen LogP contribution in [0.3, 0.4) is 0 Å². The molecule has 2 nitrogen and oxygen atoms in total. The first-order chi connectivity index (χ1) is 11.4. The van der Waals surface area contributed by atoms with Gasteiger partial charge in [0.2, 0.25) is 0 Å². The molecule has 1 atom stereocenters. The highest BCUT2D eigenvalue weighted by Gasteiger charge is 2.39. The van der Waals surface area contributed by atoms with Crippen LogP contribution >= 0.6 is 0 Å². The molecule has 0 fully saturated rings. The third kappa shape index (κ3) is 2.16. The van der Waals surface area contributed by atoms with Gasteiger partial charge in [-0.15, -0.1) is 0 Å². The van der Waals surface area contributed by atoms with Gasteiger partial charge in [0.1, 0.15) is 0 Å². The van der Waals surface area contributed by atoms with E-state index < -0.39 is 0 Å². The molecule has 0 aromatic heterocycles. The lowest BCUT2D eigenvalue weighted by Gasteiger charge is -2.38. The number of hydrogen-bond acceptors (Lipinski definition) is 2. The maximum atomic E-state index is 12.7. The number of aryl methyl sites for hydroxylation is 1. The highest BCUT2D eigenvalue weighted by Crippen LogP contribution is 2.49. The van der Waals surface area contributed by atoms with Gasteiger partial charge in [0.15, 0.2) is 11.6 Å². The average Bonchev–Trinajstić information content (AvgIpc) is 2.55. The summed E-state index contributed by atoms with van der Waals surface area (Å²) >= 11 is 0. The largest absolute Gasteiger partial charge is 0.290 e. The quantitative estimate of drug-likeness (QED) is 0.526. The van der Waals surface area contributed by atoms with Gasteiger partial charge >= 0.3 is 0 Å². The highest BCUT2D eigenvalue weighted by atomic mass is 16.1. The molecular formula is C22H22O2. The predicted molar refractivity (Wildman–Crippen MR) is 95.1 cm³/mol. The van der Waals surface area contributed by atoms with Gasteiger partial charge in [-0.05, 0) is 53.5 Å². The smallest absolute Gasteiger partial charge is 0.183 e. The first-order valence-corrected chi connectivity index (χ1v) is 8.69. The number of allylic oxidation sites excluding steroid dienone is 6. The summed E-state index contributed by atoms with van der Waals surface area (Å²) in [4.78, 5) is 25.0. The molecule has 3 aliphatic carbocycles. The van der Waals surface area contributed by atoms with Gasteiger partial charge in [-0.3, -0.25) is 9.59 Å². The van der Waals surface area contributed by atoms with Crippen molar-refractivity contribution in [2.24, 2.45) is 0 Å². The maximum absolute atomic E-state index is 12.7. The normalized spacial score (nSPS) is 22.8. The minimum atomic E-state index is -0.0330. The summed E-state index contributed by atoms with van der Waals surface area (Å²) in [5, 5.41) is 0. The van der Waals surface area contributed by atoms with E-state index in [-0.39, 0.29) is 22.9 Å². The SMILES string of the molecule is CC(C)(C)c1cccc2c1[C@@H]1C(=CCC3=C1C(=O)C=CC3=O)CC2. The van der Waals surface area contributed by atoms with E-state index in [1.807, 2.05) is 0 Å². The molecule has 3 aliphatic rings. The molecular weight excluding hydrogens is 296 g/mol. The van der Waals surface area contributed by atoms with Crippen molar-refractivity contribution in [3.8, 4) is 0 Å². The molecule has 0 spiro atoms. The molecule has 0 bridgehead atoms. The van der Waals surface area contributed by atoms with Gasteiger partial charge in [0, 0.05) is 17.1 Å². The number of carbonyl (C=O) groups excluding carboxylic acids is 2. The number of benzene rings is 1. The Morgan fingerprint density at radius 3 is 2.50 bits per heavy atom. The van der Waals surface area contributed by atoms with Crippen LogP contribution in [0.15, 0.2) is 53.1 Å². The highest BCUT2D eigenvalue weighted by molar-refractivity contribution is 6.21. The molecule has 24 heavy (non-hydrogen) atoms. The molecule has 1 aromatic rings. The van der Waals surface area contributed by atoms with Gasteiger partial charge in [-0.25, -0.2) is 0 Å². The van der Waals surface area contributed by atoms with Gasteiger partial charge < -0.3 is 0 Å². The molecule has 2 heteroatoms. The van der Waals surface area contributed by atoms with Crippen LogP contribution in [0.4, 0.5) is 0 Å². The van der Waals surface area contributed by atoms with Gasteiger partial charge in [0.25, 0.3) is 0 Å². The van der Waals surface area contributed by atoms with Crippen LogP contribution < -0.4 is 0 Å². The molecule has 0 unspecified atom stereocenters. The van der Waals surface area contributed by atoms with Crippen LogP contribution in [0.1, 0.15) is 56.2 Å². The fraction of sp³-hybridized carbons (Fsp3) is 0.364. The number of ketones is 2. The summed E-state index contributed by atoms with van der Waals surface area (Å²) in [7, 11) is 0. The van der Waals surface area contributed by atoms with Crippen molar-refractivity contribution in [3.63, 3.8) is 0 Å². The Labute approximate surface area is 143 Å². The Hall–Kier alpha value is -2.22. The average molecular weight is 318 g/mol. The maximum Gasteiger partial charge on any atom is 0.183 e. The fourth-order valence-corrected chi connectivity index (χ4v) is 4.37. The van der Waals surface area contributed by atoms with Gasteiger partial charge in [0.05, 0.1) is 0 Å². The summed E-state index contributed by atoms with van der Waals surface area (Å²) in [6.45, 7) is 6.64. The molecule has 0 saturated heterocycles. The molecule has 1 aromatic carbocycles. The molecule has 0 aliphatic heterocycles. The van der Waals surface area contributed by atoms with Crippen LogP contribution in [0, 0.1) is 0 Å². The second-order valence-corrected chi connectivity index (χ2v) is 8.00. The minimum absolute atomic E-state index is 0.000244. The van der Waals surface area contributed by atoms with Crippen molar-refractivity contribution in [1.29, 1.82) is 0 Å².